The molecule has 2 heterocycles. The van der Waals surface area contributed by atoms with Crippen LogP contribution in [0.5, 0.6) is 5.75 Å². The standard InChI is InChI=1S/C28H32FN7O4/c1-40-21-7-6-18(29)14-20(21)26(38)33-15-16-2-4-17(5-3-16)23-22(25(31)37)24(30)36(34-23)19-8-12-35(13-9-19)27(39)28(32)10-11-28/h2-7,14,19H,8-13,15,30,32H2,1H3,(H2,31,37)(H,33,38). The smallest absolute Gasteiger partial charge is 0.255 e. The first kappa shape index (κ1) is 27.1. The van der Waals surface area contributed by atoms with E-state index in [9.17, 15) is 18.8 Å². The van der Waals surface area contributed by atoms with E-state index >= 15 is 0 Å². The summed E-state index contributed by atoms with van der Waals surface area (Å²) >= 11 is 0. The molecule has 210 valence electrons. The highest BCUT2D eigenvalue weighted by atomic mass is 19.1. The monoisotopic (exact) mass is 549 g/mol. The quantitative estimate of drug-likeness (QED) is 0.333. The number of carbonyl (C=O) groups is 3. The van der Waals surface area contributed by atoms with Gasteiger partial charge in [0.2, 0.25) is 5.91 Å². The van der Waals surface area contributed by atoms with Gasteiger partial charge in [0.1, 0.15) is 28.6 Å². The molecule has 2 aliphatic rings. The number of nitrogen functional groups attached to an aromatic ring is 1. The van der Waals surface area contributed by atoms with Gasteiger partial charge in [-0.25, -0.2) is 9.07 Å². The van der Waals surface area contributed by atoms with E-state index in [-0.39, 0.29) is 41.2 Å². The van der Waals surface area contributed by atoms with Gasteiger partial charge in [0.15, 0.2) is 0 Å². The lowest BCUT2D eigenvalue weighted by Gasteiger charge is -2.34. The molecule has 1 aliphatic carbocycles. The molecular weight excluding hydrogens is 517 g/mol. The van der Waals surface area contributed by atoms with Crippen LogP contribution in [0.4, 0.5) is 10.2 Å². The predicted octanol–water partition coefficient (Wildman–Crippen LogP) is 1.96. The summed E-state index contributed by atoms with van der Waals surface area (Å²) in [6, 6.07) is 10.7. The van der Waals surface area contributed by atoms with Crippen LogP contribution >= 0.6 is 0 Å². The first-order valence-corrected chi connectivity index (χ1v) is 13.1. The Labute approximate surface area is 230 Å². The van der Waals surface area contributed by atoms with E-state index in [0.29, 0.717) is 37.2 Å². The first-order chi connectivity index (χ1) is 19.1. The molecule has 0 spiro atoms. The number of primary amides is 1. The molecule has 2 aromatic carbocycles. The number of anilines is 1. The van der Waals surface area contributed by atoms with Gasteiger partial charge in [-0.05, 0) is 49.4 Å². The normalized spacial score (nSPS) is 16.4. The Morgan fingerprint density at radius 1 is 1.12 bits per heavy atom. The third-order valence-corrected chi connectivity index (χ3v) is 7.59. The van der Waals surface area contributed by atoms with E-state index in [0.717, 1.165) is 24.5 Å². The maximum Gasteiger partial charge on any atom is 0.255 e. The fourth-order valence-corrected chi connectivity index (χ4v) is 5.06. The fourth-order valence-electron chi connectivity index (χ4n) is 5.06. The lowest BCUT2D eigenvalue weighted by atomic mass is 10.0. The number of amides is 3. The number of hydrogen-bond donors (Lipinski definition) is 4. The van der Waals surface area contributed by atoms with Crippen molar-refractivity contribution in [2.75, 3.05) is 25.9 Å². The average Bonchev–Trinajstić information content (AvgIpc) is 3.61. The van der Waals surface area contributed by atoms with Crippen LogP contribution in [0.3, 0.4) is 0 Å². The maximum absolute atomic E-state index is 13.6. The zero-order valence-electron chi connectivity index (χ0n) is 22.2. The Hall–Kier alpha value is -4.45. The number of nitrogens with one attached hydrogen (secondary N) is 1. The van der Waals surface area contributed by atoms with E-state index in [2.05, 4.69) is 10.4 Å². The number of methoxy groups -OCH3 is 1. The summed E-state index contributed by atoms with van der Waals surface area (Å²) in [6.07, 6.45) is 2.69. The van der Waals surface area contributed by atoms with E-state index in [4.69, 9.17) is 21.9 Å². The van der Waals surface area contributed by atoms with Crippen LogP contribution in [0.2, 0.25) is 0 Å². The van der Waals surface area contributed by atoms with Gasteiger partial charge in [-0.2, -0.15) is 5.10 Å². The largest absolute Gasteiger partial charge is 0.496 e. The molecule has 40 heavy (non-hydrogen) atoms. The second-order valence-electron chi connectivity index (χ2n) is 10.3. The highest BCUT2D eigenvalue weighted by Crippen LogP contribution is 2.37. The number of ether oxygens (including phenoxy) is 1. The Kier molecular flexibility index (Phi) is 7.19. The number of benzene rings is 2. The summed E-state index contributed by atoms with van der Waals surface area (Å²) in [5.74, 6) is -1.26. The number of carbonyl (C=O) groups excluding carboxylic acids is 3. The van der Waals surface area contributed by atoms with Crippen molar-refractivity contribution in [3.63, 3.8) is 0 Å². The number of nitrogens with two attached hydrogens (primary N) is 3. The molecular formula is C28H32FN7O4. The van der Waals surface area contributed by atoms with Crippen molar-refractivity contribution in [2.45, 2.75) is 43.8 Å². The first-order valence-electron chi connectivity index (χ1n) is 13.1. The van der Waals surface area contributed by atoms with Crippen molar-refractivity contribution >= 4 is 23.5 Å². The summed E-state index contributed by atoms with van der Waals surface area (Å²) in [4.78, 5) is 39.4. The molecule has 12 heteroatoms. The zero-order valence-corrected chi connectivity index (χ0v) is 22.2. The summed E-state index contributed by atoms with van der Waals surface area (Å²) in [5, 5.41) is 7.42. The maximum atomic E-state index is 13.6. The highest BCUT2D eigenvalue weighted by molar-refractivity contribution is 6.03. The van der Waals surface area contributed by atoms with E-state index in [1.807, 2.05) is 0 Å². The number of nitrogens with zero attached hydrogens (tertiary/aromatic N) is 3. The molecule has 1 aromatic heterocycles. The van der Waals surface area contributed by atoms with Gasteiger partial charge in [-0.15, -0.1) is 0 Å². The third-order valence-electron chi connectivity index (χ3n) is 7.59. The van der Waals surface area contributed by atoms with Gasteiger partial charge < -0.3 is 32.2 Å². The van der Waals surface area contributed by atoms with E-state index in [1.54, 1.807) is 33.8 Å². The van der Waals surface area contributed by atoms with Crippen LogP contribution in [-0.2, 0) is 11.3 Å². The van der Waals surface area contributed by atoms with Crippen LogP contribution in [0, 0.1) is 5.82 Å². The second kappa shape index (κ2) is 10.6. The van der Waals surface area contributed by atoms with Crippen molar-refractivity contribution in [1.82, 2.24) is 20.0 Å². The minimum Gasteiger partial charge on any atom is -0.496 e. The molecule has 11 nitrogen and oxygen atoms in total. The molecule has 1 aliphatic heterocycles. The minimum absolute atomic E-state index is 0.00995. The molecule has 1 saturated heterocycles. The zero-order chi connectivity index (χ0) is 28.6. The van der Waals surface area contributed by atoms with Gasteiger partial charge in [-0.3, -0.25) is 14.4 Å². The molecule has 0 radical (unpaired) electrons. The number of aromatic nitrogens is 2. The van der Waals surface area contributed by atoms with Gasteiger partial charge in [0.05, 0.1) is 24.3 Å². The number of hydrogen-bond acceptors (Lipinski definition) is 7. The summed E-state index contributed by atoms with van der Waals surface area (Å²) in [6.45, 7) is 1.25. The molecule has 0 atom stereocenters. The fraction of sp³-hybridized carbons (Fsp3) is 0.357. The van der Waals surface area contributed by atoms with Crippen LogP contribution in [-0.4, -0.2) is 58.1 Å². The third kappa shape index (κ3) is 5.22. The predicted molar refractivity (Wildman–Crippen MR) is 146 cm³/mol. The number of rotatable bonds is 8. The molecule has 0 bridgehead atoms. The Bertz CT molecular complexity index is 1460. The number of likely N-dealkylation sites (tertiary alicyclic amines) is 1. The van der Waals surface area contributed by atoms with Crippen molar-refractivity contribution in [2.24, 2.45) is 11.5 Å². The number of halogens is 1. The molecule has 0 unspecified atom stereocenters. The van der Waals surface area contributed by atoms with Crippen molar-refractivity contribution in [3.05, 3.63) is 65.0 Å². The lowest BCUT2D eigenvalue weighted by Crippen LogP contribution is -2.49. The molecule has 7 N–H and O–H groups in total. The Morgan fingerprint density at radius 2 is 1.80 bits per heavy atom. The minimum atomic E-state index is -0.703. The van der Waals surface area contributed by atoms with Gasteiger partial charge in [0.25, 0.3) is 11.8 Å². The average molecular weight is 550 g/mol. The summed E-state index contributed by atoms with van der Waals surface area (Å²) < 4.78 is 20.4. The van der Waals surface area contributed by atoms with Gasteiger partial charge in [0, 0.05) is 25.2 Å². The molecule has 5 rings (SSSR count). The Balaban J connectivity index is 1.29. The van der Waals surface area contributed by atoms with Crippen LogP contribution < -0.4 is 27.3 Å². The van der Waals surface area contributed by atoms with Crippen molar-refractivity contribution in [3.8, 4) is 17.0 Å². The topological polar surface area (TPSA) is 172 Å². The van der Waals surface area contributed by atoms with Crippen LogP contribution in [0.1, 0.15) is 58.0 Å². The van der Waals surface area contributed by atoms with Crippen molar-refractivity contribution in [1.29, 1.82) is 0 Å². The summed E-state index contributed by atoms with van der Waals surface area (Å²) in [5.41, 5.74) is 19.4. The van der Waals surface area contributed by atoms with E-state index < -0.39 is 23.2 Å². The second-order valence-corrected chi connectivity index (χ2v) is 10.3. The van der Waals surface area contributed by atoms with Gasteiger partial charge in [-0.1, -0.05) is 24.3 Å². The Morgan fingerprint density at radius 3 is 2.40 bits per heavy atom. The molecule has 1 saturated carbocycles. The van der Waals surface area contributed by atoms with Crippen LogP contribution in [0.25, 0.3) is 11.3 Å². The SMILES string of the molecule is COc1ccc(F)cc1C(=O)NCc1ccc(-c2nn(C3CCN(C(=O)C4(N)CC4)CC3)c(N)c2C(N)=O)cc1. The molecule has 3 amide bonds. The molecule has 3 aromatic rings. The van der Waals surface area contributed by atoms with Gasteiger partial charge >= 0.3 is 0 Å². The number of piperidine rings is 1. The van der Waals surface area contributed by atoms with Crippen molar-refractivity contribution < 1.29 is 23.5 Å². The lowest BCUT2D eigenvalue weighted by molar-refractivity contribution is -0.134. The summed E-state index contributed by atoms with van der Waals surface area (Å²) in [7, 11) is 1.41. The van der Waals surface area contributed by atoms with Crippen LogP contribution in [0.15, 0.2) is 42.5 Å². The highest BCUT2D eigenvalue weighted by Gasteiger charge is 2.48. The van der Waals surface area contributed by atoms with E-state index in [1.165, 1.54) is 19.2 Å². The molecule has 2 fully saturated rings.